The van der Waals surface area contributed by atoms with Gasteiger partial charge in [0.05, 0.1) is 0 Å². The predicted octanol–water partition coefficient (Wildman–Crippen LogP) is 1.25. The molecule has 0 bridgehead atoms. The molecule has 16 heavy (non-hydrogen) atoms. The quantitative estimate of drug-likeness (QED) is 0.356. The molecule has 0 unspecified atom stereocenters. The second kappa shape index (κ2) is 16.2. The number of carbonyl (C=O) groups excluding carboxylic acids is 3. The van der Waals surface area contributed by atoms with Crippen molar-refractivity contribution >= 4 is 18.9 Å². The number of unbranched alkanes of at least 4 members (excludes halogenated alkanes) is 3. The van der Waals surface area contributed by atoms with Gasteiger partial charge in [-0.15, -0.1) is 0 Å². The molecule has 0 saturated heterocycles. The van der Waals surface area contributed by atoms with Gasteiger partial charge in [0.25, 0.3) is 0 Å². The molecule has 0 aliphatic rings. The number of allylic oxidation sites excluding steroid dienone is 2. The Bertz CT molecular complexity index is 190. The molecule has 0 heterocycles. The van der Waals surface area contributed by atoms with E-state index in [2.05, 4.69) is 19.0 Å². The van der Waals surface area contributed by atoms with E-state index in [9.17, 15) is 14.4 Å². The molecule has 4 heteroatoms. The normalized spacial score (nSPS) is 9.69. The van der Waals surface area contributed by atoms with Crippen LogP contribution in [0.3, 0.4) is 0 Å². The molecular formula is C12H21NO3. The van der Waals surface area contributed by atoms with Gasteiger partial charge in [-0.25, -0.2) is 0 Å². The van der Waals surface area contributed by atoms with Crippen LogP contribution in [0.4, 0.5) is 0 Å². The Morgan fingerprint density at radius 2 is 1.44 bits per heavy atom. The molecule has 92 valence electrons. The minimum absolute atomic E-state index is 0.550. The lowest BCUT2D eigenvalue weighted by molar-refractivity contribution is -0.108. The maximum atomic E-state index is 9.89. The molecule has 0 N–H and O–H groups in total. The van der Waals surface area contributed by atoms with Crippen LogP contribution in [0.1, 0.15) is 25.7 Å². The van der Waals surface area contributed by atoms with E-state index in [1.165, 1.54) is 12.8 Å². The van der Waals surface area contributed by atoms with Crippen LogP contribution in [-0.4, -0.2) is 44.4 Å². The standard InChI is InChI=1S/C8H17NO.C4H4O2/c1-9(2)7-5-3-4-6-8-10;5-3-1-2-4-6/h8H,3-7H2,1-2H3;1-4H/b;2-1-. The molecule has 0 aromatic carbocycles. The Hall–Kier alpha value is -1.29. The summed E-state index contributed by atoms with van der Waals surface area (Å²) in [5.74, 6) is 0. The molecule has 0 radical (unpaired) electrons. The van der Waals surface area contributed by atoms with Crippen LogP contribution in [0, 0.1) is 0 Å². The van der Waals surface area contributed by atoms with Gasteiger partial charge in [-0.1, -0.05) is 6.42 Å². The lowest BCUT2D eigenvalue weighted by Gasteiger charge is -2.07. The predicted molar refractivity (Wildman–Crippen MR) is 64.4 cm³/mol. The molecule has 4 nitrogen and oxygen atoms in total. The Kier molecular flexibility index (Phi) is 17.3. The fourth-order valence-corrected chi connectivity index (χ4v) is 0.923. The van der Waals surface area contributed by atoms with Crippen LogP contribution < -0.4 is 0 Å². The van der Waals surface area contributed by atoms with Crippen molar-refractivity contribution in [1.29, 1.82) is 0 Å². The topological polar surface area (TPSA) is 54.5 Å². The highest BCUT2D eigenvalue weighted by Crippen LogP contribution is 1.97. The number of aldehydes is 3. The summed E-state index contributed by atoms with van der Waals surface area (Å²) in [6.07, 6.45) is 8.53. The van der Waals surface area contributed by atoms with Crippen LogP contribution in [-0.2, 0) is 14.4 Å². The minimum Gasteiger partial charge on any atom is -0.309 e. The van der Waals surface area contributed by atoms with Crippen molar-refractivity contribution in [3.63, 3.8) is 0 Å². The van der Waals surface area contributed by atoms with Crippen molar-refractivity contribution in [3.8, 4) is 0 Å². The van der Waals surface area contributed by atoms with Gasteiger partial charge in [-0.2, -0.15) is 0 Å². The van der Waals surface area contributed by atoms with E-state index in [-0.39, 0.29) is 0 Å². The van der Waals surface area contributed by atoms with E-state index in [1.807, 2.05) is 0 Å². The van der Waals surface area contributed by atoms with Crippen molar-refractivity contribution in [1.82, 2.24) is 4.90 Å². The van der Waals surface area contributed by atoms with Crippen molar-refractivity contribution < 1.29 is 14.4 Å². The second-order valence-corrected chi connectivity index (χ2v) is 3.48. The Labute approximate surface area is 97.3 Å². The van der Waals surface area contributed by atoms with Gasteiger partial charge in [0, 0.05) is 6.42 Å². The maximum Gasteiger partial charge on any atom is 0.142 e. The van der Waals surface area contributed by atoms with E-state index >= 15 is 0 Å². The van der Waals surface area contributed by atoms with Crippen molar-refractivity contribution in [2.75, 3.05) is 20.6 Å². The molecule has 0 aliphatic heterocycles. The summed E-state index contributed by atoms with van der Waals surface area (Å²) in [5.41, 5.74) is 0. The first kappa shape index (κ1) is 17.1. The summed E-state index contributed by atoms with van der Waals surface area (Å²) < 4.78 is 0. The summed E-state index contributed by atoms with van der Waals surface area (Å²) in [6, 6.07) is 0. The molecule has 0 fully saturated rings. The number of nitrogens with zero attached hydrogens (tertiary/aromatic N) is 1. The fraction of sp³-hybridized carbons (Fsp3) is 0.583. The first-order valence-corrected chi connectivity index (χ1v) is 5.33. The molecule has 0 saturated carbocycles. The first-order valence-electron chi connectivity index (χ1n) is 5.33. The fourth-order valence-electron chi connectivity index (χ4n) is 0.923. The van der Waals surface area contributed by atoms with Crippen molar-refractivity contribution in [2.45, 2.75) is 25.7 Å². The first-order chi connectivity index (χ1) is 7.68. The molecule has 0 aromatic heterocycles. The summed E-state index contributed by atoms with van der Waals surface area (Å²) in [6.45, 7) is 1.14. The van der Waals surface area contributed by atoms with E-state index < -0.39 is 0 Å². The third-order valence-corrected chi connectivity index (χ3v) is 1.70. The zero-order valence-corrected chi connectivity index (χ0v) is 10.1. The van der Waals surface area contributed by atoms with Crippen LogP contribution in [0.25, 0.3) is 0 Å². The Balaban J connectivity index is 0. The monoisotopic (exact) mass is 227 g/mol. The smallest absolute Gasteiger partial charge is 0.142 e. The Morgan fingerprint density at radius 1 is 0.875 bits per heavy atom. The molecule has 0 atom stereocenters. The van der Waals surface area contributed by atoms with Crippen molar-refractivity contribution in [3.05, 3.63) is 12.2 Å². The van der Waals surface area contributed by atoms with Gasteiger partial charge in [0.1, 0.15) is 18.9 Å². The lowest BCUT2D eigenvalue weighted by atomic mass is 10.2. The Morgan fingerprint density at radius 3 is 1.81 bits per heavy atom. The second-order valence-electron chi connectivity index (χ2n) is 3.48. The summed E-state index contributed by atoms with van der Waals surface area (Å²) >= 11 is 0. The van der Waals surface area contributed by atoms with Crippen LogP contribution >= 0.6 is 0 Å². The summed E-state index contributed by atoms with van der Waals surface area (Å²) in [5, 5.41) is 0. The molecule has 0 amide bonds. The highest BCUT2D eigenvalue weighted by atomic mass is 16.1. The highest BCUT2D eigenvalue weighted by molar-refractivity contribution is 5.75. The van der Waals surface area contributed by atoms with Gasteiger partial charge in [-0.3, -0.25) is 9.59 Å². The average Bonchev–Trinajstić information content (AvgIpc) is 2.26. The largest absolute Gasteiger partial charge is 0.309 e. The third-order valence-electron chi connectivity index (χ3n) is 1.70. The van der Waals surface area contributed by atoms with E-state index in [0.717, 1.165) is 37.8 Å². The lowest BCUT2D eigenvalue weighted by Crippen LogP contribution is -2.12. The molecule has 0 rings (SSSR count). The zero-order valence-electron chi connectivity index (χ0n) is 10.1. The van der Waals surface area contributed by atoms with Gasteiger partial charge in [-0.05, 0) is 45.6 Å². The van der Waals surface area contributed by atoms with Crippen LogP contribution in [0.5, 0.6) is 0 Å². The molecule has 0 spiro atoms. The SMILES string of the molecule is CN(C)CCCCCC=O.O=C/C=C\C=O. The van der Waals surface area contributed by atoms with Crippen molar-refractivity contribution in [2.24, 2.45) is 0 Å². The zero-order chi connectivity index (χ0) is 12.6. The van der Waals surface area contributed by atoms with Gasteiger partial charge >= 0.3 is 0 Å². The number of hydrogen-bond acceptors (Lipinski definition) is 4. The number of hydrogen-bond donors (Lipinski definition) is 0. The van der Waals surface area contributed by atoms with Gasteiger partial charge in [0.15, 0.2) is 0 Å². The van der Waals surface area contributed by atoms with E-state index in [0.29, 0.717) is 12.6 Å². The highest BCUT2D eigenvalue weighted by Gasteiger charge is 1.89. The maximum absolute atomic E-state index is 9.89. The number of carbonyl (C=O) groups is 3. The third kappa shape index (κ3) is 23.0. The summed E-state index contributed by atoms with van der Waals surface area (Å²) in [4.78, 5) is 30.7. The van der Waals surface area contributed by atoms with Crippen LogP contribution in [0.2, 0.25) is 0 Å². The minimum atomic E-state index is 0.550. The molecule has 0 aromatic rings. The van der Waals surface area contributed by atoms with Crippen LogP contribution in [0.15, 0.2) is 12.2 Å². The molecule has 0 aliphatic carbocycles. The molecular weight excluding hydrogens is 206 g/mol. The van der Waals surface area contributed by atoms with E-state index in [1.54, 1.807) is 0 Å². The number of rotatable bonds is 8. The van der Waals surface area contributed by atoms with Gasteiger partial charge < -0.3 is 9.69 Å². The summed E-state index contributed by atoms with van der Waals surface area (Å²) in [7, 11) is 4.14. The average molecular weight is 227 g/mol. The van der Waals surface area contributed by atoms with Gasteiger partial charge in [0.2, 0.25) is 0 Å². The van der Waals surface area contributed by atoms with E-state index in [4.69, 9.17) is 0 Å².